The number of nitrogens with one attached hydrogen (secondary N) is 1. The SMILES string of the molecule is CCCC(C)N1C/C=C\CCC(=O)NC[C@H](C)OC(=O)[C@@H]2[C@H]3C(=O)N([C@@H](CO)CC(C)C)[C@H](C1=O)[C@]31C=C[C@H]2O1. The van der Waals surface area contributed by atoms with Crippen LogP contribution in [0.2, 0.25) is 0 Å². The van der Waals surface area contributed by atoms with Gasteiger partial charge in [-0.1, -0.05) is 51.5 Å². The molecule has 0 aromatic heterocycles. The molecule has 2 fully saturated rings. The number of likely N-dealkylation sites (tertiary alicyclic amines) is 1. The number of allylic oxidation sites excluding steroid dienone is 1. The summed E-state index contributed by atoms with van der Waals surface area (Å²) in [6, 6.07) is -1.75. The second kappa shape index (κ2) is 12.4. The Hall–Kier alpha value is -2.72. The van der Waals surface area contributed by atoms with Crippen LogP contribution in [0.25, 0.3) is 0 Å². The maximum absolute atomic E-state index is 14.6. The van der Waals surface area contributed by atoms with Gasteiger partial charge in [-0.05, 0) is 39.0 Å². The molecule has 4 rings (SSSR count). The van der Waals surface area contributed by atoms with Crippen LogP contribution in [0.5, 0.6) is 0 Å². The highest BCUT2D eigenvalue weighted by Gasteiger charge is 2.74. The van der Waals surface area contributed by atoms with Crippen molar-refractivity contribution in [1.82, 2.24) is 15.1 Å². The highest BCUT2D eigenvalue weighted by atomic mass is 16.6. The summed E-state index contributed by atoms with van der Waals surface area (Å²) >= 11 is 0. The molecule has 10 heteroatoms. The lowest BCUT2D eigenvalue weighted by Gasteiger charge is -2.40. The standard InChI is InChI=1S/C30H45N3O7/c1-6-10-19(4)32-14-9-7-8-11-23(35)31-16-20(5)39-29(38)24-22-12-13-30(40-22)25(24)27(36)33(26(30)28(32)37)21(17-34)15-18(2)3/h7,9,12-13,18-22,24-26,34H,6,8,10-11,14-17H2,1-5H3,(H,31,35)/b9-7-/t19?,20-,21+,22+,24-,25-,26+,30-/m0/s1. The van der Waals surface area contributed by atoms with Gasteiger partial charge >= 0.3 is 5.97 Å². The van der Waals surface area contributed by atoms with Crippen molar-refractivity contribution in [1.29, 1.82) is 0 Å². The normalized spacial score (nSPS) is 35.1. The van der Waals surface area contributed by atoms with Gasteiger partial charge in [0.15, 0.2) is 0 Å². The molecule has 2 N–H and O–H groups in total. The van der Waals surface area contributed by atoms with Gasteiger partial charge in [0.2, 0.25) is 17.7 Å². The molecule has 2 saturated heterocycles. The smallest absolute Gasteiger partial charge is 0.313 e. The fourth-order valence-electron chi connectivity index (χ4n) is 6.77. The Balaban J connectivity index is 1.81. The molecule has 0 radical (unpaired) electrons. The van der Waals surface area contributed by atoms with Crippen molar-refractivity contribution in [3.05, 3.63) is 24.3 Å². The molecule has 3 amide bonds. The molecule has 0 aromatic carbocycles. The number of nitrogens with zero attached hydrogens (tertiary/aromatic N) is 2. The number of rotatable bonds is 7. The number of fused-ring (bicyclic) bond motifs is 2. The predicted octanol–water partition coefficient (Wildman–Crippen LogP) is 1.96. The van der Waals surface area contributed by atoms with Crippen LogP contribution in [0.1, 0.15) is 66.7 Å². The van der Waals surface area contributed by atoms with Gasteiger partial charge in [-0.3, -0.25) is 19.2 Å². The van der Waals surface area contributed by atoms with Gasteiger partial charge < -0.3 is 29.7 Å². The Kier molecular flexibility index (Phi) is 9.40. The first-order valence-electron chi connectivity index (χ1n) is 14.8. The summed E-state index contributed by atoms with van der Waals surface area (Å²) in [5.41, 5.74) is -1.33. The first-order valence-corrected chi connectivity index (χ1v) is 14.8. The number of aliphatic hydroxyl groups excluding tert-OH is 1. The predicted molar refractivity (Wildman–Crippen MR) is 148 cm³/mol. The van der Waals surface area contributed by atoms with Crippen molar-refractivity contribution in [3.8, 4) is 0 Å². The number of amides is 3. The Morgan fingerprint density at radius 3 is 2.58 bits per heavy atom. The number of hydrogen-bond acceptors (Lipinski definition) is 7. The number of carbonyl (C=O) groups is 4. The zero-order valence-electron chi connectivity index (χ0n) is 24.4. The van der Waals surface area contributed by atoms with E-state index in [0.29, 0.717) is 19.4 Å². The van der Waals surface area contributed by atoms with Crippen LogP contribution in [0.15, 0.2) is 24.3 Å². The molecule has 1 unspecified atom stereocenters. The molecule has 0 saturated carbocycles. The molecular weight excluding hydrogens is 514 g/mol. The lowest BCUT2D eigenvalue weighted by molar-refractivity contribution is -0.159. The maximum Gasteiger partial charge on any atom is 0.313 e. The van der Waals surface area contributed by atoms with E-state index in [4.69, 9.17) is 9.47 Å². The molecule has 0 aromatic rings. The molecule has 4 heterocycles. The molecule has 10 nitrogen and oxygen atoms in total. The quantitative estimate of drug-likeness (QED) is 0.361. The molecule has 222 valence electrons. The van der Waals surface area contributed by atoms with Gasteiger partial charge in [0.25, 0.3) is 0 Å². The van der Waals surface area contributed by atoms with Crippen molar-refractivity contribution in [2.45, 2.75) is 103 Å². The highest BCUT2D eigenvalue weighted by molar-refractivity contribution is 5.99. The average Bonchev–Trinajstić information content (AvgIpc) is 3.54. The Morgan fingerprint density at radius 2 is 1.90 bits per heavy atom. The topological polar surface area (TPSA) is 125 Å². The molecule has 1 spiro atoms. The van der Waals surface area contributed by atoms with Crippen LogP contribution in [0.3, 0.4) is 0 Å². The molecule has 0 aliphatic carbocycles. The van der Waals surface area contributed by atoms with Crippen LogP contribution in [0, 0.1) is 17.8 Å². The number of esters is 1. The van der Waals surface area contributed by atoms with E-state index in [9.17, 15) is 24.3 Å². The molecule has 4 aliphatic heterocycles. The molecule has 40 heavy (non-hydrogen) atoms. The zero-order valence-corrected chi connectivity index (χ0v) is 24.4. The Bertz CT molecular complexity index is 1040. The molecule has 4 aliphatic rings. The fraction of sp³-hybridized carbons (Fsp3) is 0.733. The molecular formula is C30H45N3O7. The lowest BCUT2D eigenvalue weighted by Crippen LogP contribution is -2.60. The van der Waals surface area contributed by atoms with E-state index in [0.717, 1.165) is 12.8 Å². The molecule has 8 atom stereocenters. The number of carbonyl (C=O) groups excluding carboxylic acids is 4. The van der Waals surface area contributed by atoms with Gasteiger partial charge in [0, 0.05) is 19.0 Å². The third kappa shape index (κ3) is 5.57. The summed E-state index contributed by atoms with van der Waals surface area (Å²) in [5, 5.41) is 13.3. The first kappa shape index (κ1) is 30.2. The minimum atomic E-state index is -1.33. The van der Waals surface area contributed by atoms with Crippen LogP contribution < -0.4 is 5.32 Å². The minimum absolute atomic E-state index is 0.123. The minimum Gasteiger partial charge on any atom is -0.460 e. The highest BCUT2D eigenvalue weighted by Crippen LogP contribution is 2.56. The van der Waals surface area contributed by atoms with Gasteiger partial charge in [0.1, 0.15) is 23.7 Å². The first-order chi connectivity index (χ1) is 19.0. The number of cyclic esters (lactones) is 1. The summed E-state index contributed by atoms with van der Waals surface area (Å²) in [6.07, 6.45) is 8.94. The van der Waals surface area contributed by atoms with Crippen LogP contribution >= 0.6 is 0 Å². The van der Waals surface area contributed by atoms with Crippen molar-refractivity contribution in [2.24, 2.45) is 17.8 Å². The summed E-state index contributed by atoms with van der Waals surface area (Å²) in [4.78, 5) is 58.0. The van der Waals surface area contributed by atoms with Crippen LogP contribution in [-0.4, -0.2) is 94.2 Å². The number of hydrogen-bond donors (Lipinski definition) is 2. The third-order valence-corrected chi connectivity index (χ3v) is 8.60. The fourth-order valence-corrected chi connectivity index (χ4v) is 6.77. The second-order valence-electron chi connectivity index (χ2n) is 12.1. The van der Waals surface area contributed by atoms with Crippen molar-refractivity contribution < 1.29 is 33.8 Å². The van der Waals surface area contributed by atoms with Crippen molar-refractivity contribution in [3.63, 3.8) is 0 Å². The Labute approximate surface area is 237 Å². The van der Waals surface area contributed by atoms with Gasteiger partial charge in [-0.2, -0.15) is 0 Å². The molecule has 5 bridgehead atoms. The summed E-state index contributed by atoms with van der Waals surface area (Å²) in [5.74, 6) is -3.08. The average molecular weight is 560 g/mol. The van der Waals surface area contributed by atoms with E-state index in [-0.39, 0.29) is 49.3 Å². The number of aliphatic hydroxyl groups is 1. The van der Waals surface area contributed by atoms with E-state index in [1.54, 1.807) is 24.0 Å². The third-order valence-electron chi connectivity index (χ3n) is 8.60. The maximum atomic E-state index is 14.6. The van der Waals surface area contributed by atoms with E-state index >= 15 is 0 Å². The van der Waals surface area contributed by atoms with Crippen LogP contribution in [0.4, 0.5) is 0 Å². The van der Waals surface area contributed by atoms with E-state index < -0.39 is 47.7 Å². The number of ether oxygens (including phenoxy) is 2. The Morgan fingerprint density at radius 1 is 1.15 bits per heavy atom. The largest absolute Gasteiger partial charge is 0.460 e. The van der Waals surface area contributed by atoms with Crippen molar-refractivity contribution in [2.75, 3.05) is 19.7 Å². The van der Waals surface area contributed by atoms with Crippen molar-refractivity contribution >= 4 is 23.7 Å². The van der Waals surface area contributed by atoms with E-state index in [1.165, 1.54) is 4.90 Å². The van der Waals surface area contributed by atoms with Gasteiger partial charge in [-0.25, -0.2) is 0 Å². The summed E-state index contributed by atoms with van der Waals surface area (Å²) in [7, 11) is 0. The summed E-state index contributed by atoms with van der Waals surface area (Å²) in [6.45, 7) is 9.91. The van der Waals surface area contributed by atoms with E-state index in [1.807, 2.05) is 32.9 Å². The van der Waals surface area contributed by atoms with Crippen LogP contribution in [-0.2, 0) is 28.7 Å². The monoisotopic (exact) mass is 559 g/mol. The van der Waals surface area contributed by atoms with Gasteiger partial charge in [-0.15, -0.1) is 0 Å². The second-order valence-corrected chi connectivity index (χ2v) is 12.1. The van der Waals surface area contributed by atoms with Gasteiger partial charge in [0.05, 0.1) is 31.2 Å². The summed E-state index contributed by atoms with van der Waals surface area (Å²) < 4.78 is 12.2. The van der Waals surface area contributed by atoms with E-state index in [2.05, 4.69) is 12.2 Å². The zero-order chi connectivity index (χ0) is 29.2. The lowest BCUT2D eigenvalue weighted by atomic mass is 9.74.